The molecular formula is C25H18ClN3O3S2. The van der Waals surface area contributed by atoms with Gasteiger partial charge in [0, 0.05) is 32.6 Å². The number of hydrogen-bond acceptors (Lipinski definition) is 5. The number of hydrogen-bond donors (Lipinski definition) is 1. The van der Waals surface area contributed by atoms with Gasteiger partial charge in [0.15, 0.2) is 0 Å². The molecule has 0 radical (unpaired) electrons. The first-order valence-corrected chi connectivity index (χ1v) is 12.5. The first-order chi connectivity index (χ1) is 16.5. The zero-order valence-electron chi connectivity index (χ0n) is 17.7. The zero-order chi connectivity index (χ0) is 23.7. The average Bonchev–Trinajstić information content (AvgIpc) is 3.53. The number of para-hydroxylation sites is 1. The molecule has 2 aromatic heterocycles. The summed E-state index contributed by atoms with van der Waals surface area (Å²) < 4.78 is 1.86. The number of nitrogens with one attached hydrogen (secondary N) is 1. The Balaban J connectivity index is 1.40. The van der Waals surface area contributed by atoms with Crippen LogP contribution in [0, 0.1) is 0 Å². The third-order valence-electron chi connectivity index (χ3n) is 5.34. The van der Waals surface area contributed by atoms with Crippen molar-refractivity contribution in [1.82, 2.24) is 9.88 Å². The number of anilines is 1. The predicted octanol–water partition coefficient (Wildman–Crippen LogP) is 5.91. The Bertz CT molecular complexity index is 1430. The lowest BCUT2D eigenvalue weighted by Crippen LogP contribution is -2.27. The molecule has 4 aromatic rings. The largest absolute Gasteiger partial charge is 0.350 e. The van der Waals surface area contributed by atoms with E-state index in [4.69, 9.17) is 11.6 Å². The number of nitrogens with zero attached hydrogens (tertiary/aromatic N) is 2. The molecule has 0 unspecified atom stereocenters. The molecule has 1 aliphatic heterocycles. The highest BCUT2D eigenvalue weighted by molar-refractivity contribution is 8.19. The molecule has 0 atom stereocenters. The van der Waals surface area contributed by atoms with E-state index in [1.165, 1.54) is 0 Å². The highest BCUT2D eigenvalue weighted by Gasteiger charge is 2.36. The SMILES string of the molecule is O=C(Cn1cc(/C=C2\SC(=O)N(c3ccc(Cl)cc3)C2=O)c2ccccc21)NCc1cccs1. The average molecular weight is 508 g/mol. The van der Waals surface area contributed by atoms with Crippen molar-refractivity contribution in [2.75, 3.05) is 4.90 Å². The maximum atomic E-state index is 13.0. The molecule has 0 bridgehead atoms. The van der Waals surface area contributed by atoms with Gasteiger partial charge in [0.05, 0.1) is 17.1 Å². The van der Waals surface area contributed by atoms with Crippen LogP contribution in [0.5, 0.6) is 0 Å². The van der Waals surface area contributed by atoms with Crippen LogP contribution in [-0.2, 0) is 22.7 Å². The molecule has 1 fully saturated rings. The highest BCUT2D eigenvalue weighted by atomic mass is 35.5. The molecule has 1 N–H and O–H groups in total. The van der Waals surface area contributed by atoms with Gasteiger partial charge in [-0.3, -0.25) is 14.4 Å². The second-order valence-corrected chi connectivity index (χ2v) is 10.0. The third-order valence-corrected chi connectivity index (χ3v) is 7.34. The summed E-state index contributed by atoms with van der Waals surface area (Å²) in [5, 5.41) is 5.97. The summed E-state index contributed by atoms with van der Waals surface area (Å²) in [5.74, 6) is -0.494. The van der Waals surface area contributed by atoms with Crippen LogP contribution in [0.15, 0.2) is 77.1 Å². The number of thiophene rings is 1. The number of imide groups is 1. The van der Waals surface area contributed by atoms with Crippen LogP contribution < -0.4 is 10.2 Å². The van der Waals surface area contributed by atoms with Crippen molar-refractivity contribution in [3.05, 3.63) is 92.6 Å². The fourth-order valence-corrected chi connectivity index (χ4v) is 5.35. The lowest BCUT2D eigenvalue weighted by atomic mass is 10.1. The van der Waals surface area contributed by atoms with E-state index in [0.29, 0.717) is 22.2 Å². The Morgan fingerprint density at radius 2 is 1.82 bits per heavy atom. The number of amides is 3. The molecule has 5 rings (SSSR count). The molecule has 3 amide bonds. The molecule has 0 spiro atoms. The summed E-state index contributed by atoms with van der Waals surface area (Å²) in [6.07, 6.45) is 3.55. The summed E-state index contributed by atoms with van der Waals surface area (Å²) in [6.45, 7) is 0.631. The minimum absolute atomic E-state index is 0.108. The van der Waals surface area contributed by atoms with Gasteiger partial charge in [0.1, 0.15) is 6.54 Å². The number of rotatable bonds is 6. The maximum Gasteiger partial charge on any atom is 0.298 e. The van der Waals surface area contributed by atoms with E-state index < -0.39 is 0 Å². The van der Waals surface area contributed by atoms with E-state index in [2.05, 4.69) is 5.32 Å². The van der Waals surface area contributed by atoms with E-state index in [1.807, 2.05) is 52.5 Å². The Morgan fingerprint density at radius 3 is 2.59 bits per heavy atom. The standard InChI is InChI=1S/C25H18ClN3O3S2/c26-17-7-9-18(10-8-17)29-24(31)22(34-25(29)32)12-16-14-28(21-6-2-1-5-20(16)21)15-23(30)27-13-19-4-3-11-33-19/h1-12,14H,13,15H2,(H,27,30)/b22-12-. The highest BCUT2D eigenvalue weighted by Crippen LogP contribution is 2.37. The summed E-state index contributed by atoms with van der Waals surface area (Å²) in [4.78, 5) is 40.7. The van der Waals surface area contributed by atoms with Gasteiger partial charge in [0.2, 0.25) is 5.91 Å². The summed E-state index contributed by atoms with van der Waals surface area (Å²) in [5.41, 5.74) is 2.11. The predicted molar refractivity (Wildman–Crippen MR) is 138 cm³/mol. The van der Waals surface area contributed by atoms with E-state index in [1.54, 1.807) is 41.7 Å². The summed E-state index contributed by atoms with van der Waals surface area (Å²) in [6, 6.07) is 18.2. The van der Waals surface area contributed by atoms with Crippen LogP contribution in [0.4, 0.5) is 10.5 Å². The Labute approximate surface area is 208 Å². The molecule has 0 aliphatic carbocycles. The zero-order valence-corrected chi connectivity index (χ0v) is 20.1. The molecule has 6 nitrogen and oxygen atoms in total. The Hall–Kier alpha value is -3.33. The van der Waals surface area contributed by atoms with Gasteiger partial charge >= 0.3 is 0 Å². The number of aromatic nitrogens is 1. The lowest BCUT2D eigenvalue weighted by Gasteiger charge is -2.12. The molecule has 1 aliphatic rings. The van der Waals surface area contributed by atoms with Gasteiger partial charge in [-0.1, -0.05) is 35.9 Å². The van der Waals surface area contributed by atoms with Crippen LogP contribution in [0.25, 0.3) is 17.0 Å². The normalized spacial score (nSPS) is 15.0. The van der Waals surface area contributed by atoms with Gasteiger partial charge in [0.25, 0.3) is 11.1 Å². The van der Waals surface area contributed by atoms with Crippen LogP contribution in [0.3, 0.4) is 0 Å². The number of carbonyl (C=O) groups is 3. The molecule has 2 aromatic carbocycles. The van der Waals surface area contributed by atoms with Crippen LogP contribution in [0.1, 0.15) is 10.4 Å². The first kappa shape index (κ1) is 22.5. The van der Waals surface area contributed by atoms with Gasteiger partial charge in [-0.2, -0.15) is 0 Å². The maximum absolute atomic E-state index is 13.0. The second kappa shape index (κ2) is 9.50. The van der Waals surface area contributed by atoms with Gasteiger partial charge in [-0.15, -0.1) is 11.3 Å². The van der Waals surface area contributed by atoms with E-state index in [0.717, 1.165) is 38.0 Å². The minimum atomic E-state index is -0.386. The van der Waals surface area contributed by atoms with E-state index in [9.17, 15) is 14.4 Å². The number of halogens is 1. The van der Waals surface area contributed by atoms with Gasteiger partial charge in [-0.25, -0.2) is 4.90 Å². The Kier molecular flexibility index (Phi) is 6.28. The molecule has 170 valence electrons. The third kappa shape index (κ3) is 4.52. The molecule has 9 heteroatoms. The molecular weight excluding hydrogens is 490 g/mol. The van der Waals surface area contributed by atoms with Crippen molar-refractivity contribution in [2.24, 2.45) is 0 Å². The smallest absolute Gasteiger partial charge is 0.298 e. The van der Waals surface area contributed by atoms with E-state index >= 15 is 0 Å². The second-order valence-electron chi connectivity index (χ2n) is 7.58. The molecule has 3 heterocycles. The van der Waals surface area contributed by atoms with Crippen molar-refractivity contribution in [3.63, 3.8) is 0 Å². The molecule has 34 heavy (non-hydrogen) atoms. The quantitative estimate of drug-likeness (QED) is 0.329. The van der Waals surface area contributed by atoms with Gasteiger partial charge in [-0.05, 0) is 59.6 Å². The number of carbonyl (C=O) groups excluding carboxylic acids is 3. The van der Waals surface area contributed by atoms with Crippen molar-refractivity contribution in [2.45, 2.75) is 13.1 Å². The number of fused-ring (bicyclic) bond motifs is 1. The number of benzene rings is 2. The number of thioether (sulfide) groups is 1. The summed E-state index contributed by atoms with van der Waals surface area (Å²) in [7, 11) is 0. The van der Waals surface area contributed by atoms with Gasteiger partial charge < -0.3 is 9.88 Å². The summed E-state index contributed by atoms with van der Waals surface area (Å²) >= 11 is 8.42. The van der Waals surface area contributed by atoms with Crippen LogP contribution >= 0.6 is 34.7 Å². The lowest BCUT2D eigenvalue weighted by molar-refractivity contribution is -0.121. The van der Waals surface area contributed by atoms with Crippen LogP contribution in [0.2, 0.25) is 5.02 Å². The fraction of sp³-hybridized carbons (Fsp3) is 0.0800. The van der Waals surface area contributed by atoms with Crippen molar-refractivity contribution in [1.29, 1.82) is 0 Å². The topological polar surface area (TPSA) is 71.4 Å². The Morgan fingerprint density at radius 1 is 1.03 bits per heavy atom. The van der Waals surface area contributed by atoms with Crippen molar-refractivity contribution in [3.8, 4) is 0 Å². The first-order valence-electron chi connectivity index (χ1n) is 10.4. The molecule has 0 saturated carbocycles. The minimum Gasteiger partial charge on any atom is -0.350 e. The van der Waals surface area contributed by atoms with E-state index in [-0.39, 0.29) is 23.6 Å². The molecule has 1 saturated heterocycles. The van der Waals surface area contributed by atoms with Crippen molar-refractivity contribution < 1.29 is 14.4 Å². The monoisotopic (exact) mass is 507 g/mol. The fourth-order valence-electron chi connectivity index (χ4n) is 3.75. The van der Waals surface area contributed by atoms with Crippen LogP contribution in [-0.4, -0.2) is 21.6 Å². The van der Waals surface area contributed by atoms with Crippen molar-refractivity contribution >= 4 is 74.4 Å².